The monoisotopic (exact) mass is 891 g/mol. The standard InChI is InChI=1S/C57H49NO7S/c1-37-10-23-47(24-11-37)64-49-27-19-43(20-28-49)56(3,4)45-8-7-9-46(34-45)57(5,6)44-21-29-50(30-22-44)65-48-25-17-41(18-26-48)54(59)40-15-13-39(14-16-40)52-31-12-38(2)32-53(52)55(60)42-33-51(36-58-35-42)66(61,62)63/h7-36H,1-6H3,(H,61,62,63). The van der Waals surface area contributed by atoms with Crippen LogP contribution in [-0.2, 0) is 20.9 Å². The van der Waals surface area contributed by atoms with Crippen LogP contribution >= 0.6 is 0 Å². The quantitative estimate of drug-likeness (QED) is 0.0846. The minimum atomic E-state index is -4.55. The topological polar surface area (TPSA) is 120 Å². The number of rotatable bonds is 14. The summed E-state index contributed by atoms with van der Waals surface area (Å²) in [7, 11) is -4.55. The van der Waals surface area contributed by atoms with Gasteiger partial charge in [-0.2, -0.15) is 8.42 Å². The smallest absolute Gasteiger partial charge is 0.296 e. The van der Waals surface area contributed by atoms with Gasteiger partial charge < -0.3 is 9.47 Å². The molecule has 0 aliphatic carbocycles. The molecule has 1 aromatic heterocycles. The van der Waals surface area contributed by atoms with Gasteiger partial charge in [0.15, 0.2) is 11.6 Å². The summed E-state index contributed by atoms with van der Waals surface area (Å²) >= 11 is 0. The van der Waals surface area contributed by atoms with E-state index in [4.69, 9.17) is 9.47 Å². The number of aryl methyl sites for hydroxylation is 2. The van der Waals surface area contributed by atoms with Gasteiger partial charge in [-0.3, -0.25) is 19.1 Å². The van der Waals surface area contributed by atoms with Crippen molar-refractivity contribution in [2.45, 2.75) is 57.3 Å². The van der Waals surface area contributed by atoms with Crippen LogP contribution in [-0.4, -0.2) is 29.5 Å². The summed E-state index contributed by atoms with van der Waals surface area (Å²) in [5.41, 5.74) is 8.78. The molecule has 8 aromatic rings. The van der Waals surface area contributed by atoms with E-state index in [9.17, 15) is 22.6 Å². The molecule has 8 nitrogen and oxygen atoms in total. The molecule has 0 unspecified atom stereocenters. The lowest BCUT2D eigenvalue weighted by atomic mass is 9.73. The molecular weight excluding hydrogens is 843 g/mol. The number of ketones is 2. The van der Waals surface area contributed by atoms with Gasteiger partial charge >= 0.3 is 0 Å². The van der Waals surface area contributed by atoms with E-state index < -0.39 is 20.8 Å². The van der Waals surface area contributed by atoms with Crippen LogP contribution < -0.4 is 9.47 Å². The third kappa shape index (κ3) is 9.78. The van der Waals surface area contributed by atoms with Crippen molar-refractivity contribution < 1.29 is 32.0 Å². The number of hydrogen-bond acceptors (Lipinski definition) is 7. The fourth-order valence-corrected chi connectivity index (χ4v) is 8.44. The summed E-state index contributed by atoms with van der Waals surface area (Å²) in [4.78, 5) is 30.6. The Morgan fingerprint density at radius 3 is 1.44 bits per heavy atom. The predicted molar refractivity (Wildman–Crippen MR) is 259 cm³/mol. The molecule has 0 atom stereocenters. The minimum absolute atomic E-state index is 0.0129. The second kappa shape index (κ2) is 18.2. The van der Waals surface area contributed by atoms with Crippen molar-refractivity contribution in [3.8, 4) is 34.1 Å². The molecule has 0 radical (unpaired) electrons. The van der Waals surface area contributed by atoms with Gasteiger partial charge in [0.05, 0.1) is 0 Å². The molecule has 0 fully saturated rings. The highest BCUT2D eigenvalue weighted by molar-refractivity contribution is 7.85. The van der Waals surface area contributed by atoms with E-state index in [1.165, 1.54) is 28.5 Å². The Labute approximate surface area is 386 Å². The molecule has 330 valence electrons. The van der Waals surface area contributed by atoms with E-state index in [0.29, 0.717) is 39.3 Å². The SMILES string of the molecule is Cc1ccc(Oc2ccc(C(C)(C)c3cccc(C(C)(C)c4ccc(Oc5ccc(C(=O)c6ccc(-c7ccc(C)cc7C(=O)c7cncc(S(=O)(=O)O)c7)cc6)cc5)cc4)c3)cc2)cc1. The summed E-state index contributed by atoms with van der Waals surface area (Å²) in [6.45, 7) is 12.9. The third-order valence-electron chi connectivity index (χ3n) is 12.2. The van der Waals surface area contributed by atoms with Crippen molar-refractivity contribution >= 4 is 21.7 Å². The van der Waals surface area contributed by atoms with Gasteiger partial charge in [0.25, 0.3) is 10.1 Å². The molecule has 1 heterocycles. The maximum atomic E-state index is 13.6. The van der Waals surface area contributed by atoms with Gasteiger partial charge in [0, 0.05) is 45.5 Å². The molecule has 0 aliphatic rings. The van der Waals surface area contributed by atoms with E-state index in [1.54, 1.807) is 60.7 Å². The average molecular weight is 892 g/mol. The van der Waals surface area contributed by atoms with E-state index in [1.807, 2.05) is 61.5 Å². The Bertz CT molecular complexity index is 3170. The largest absolute Gasteiger partial charge is 0.457 e. The number of nitrogens with zero attached hydrogens (tertiary/aromatic N) is 1. The van der Waals surface area contributed by atoms with Gasteiger partial charge in [0.1, 0.15) is 27.9 Å². The van der Waals surface area contributed by atoms with E-state index in [2.05, 4.69) is 88.1 Å². The molecule has 0 saturated heterocycles. The normalized spacial score (nSPS) is 11.8. The zero-order valence-corrected chi connectivity index (χ0v) is 38.4. The first-order valence-corrected chi connectivity index (χ1v) is 23.0. The molecule has 66 heavy (non-hydrogen) atoms. The van der Waals surface area contributed by atoms with Crippen molar-refractivity contribution in [1.29, 1.82) is 0 Å². The number of carbonyl (C=O) groups is 2. The first kappa shape index (κ1) is 45.1. The highest BCUT2D eigenvalue weighted by atomic mass is 32.2. The number of carbonyl (C=O) groups excluding carboxylic acids is 2. The summed E-state index contributed by atoms with van der Waals surface area (Å²) in [6, 6.07) is 53.8. The van der Waals surface area contributed by atoms with Crippen LogP contribution in [0.4, 0.5) is 0 Å². The Morgan fingerprint density at radius 1 is 0.485 bits per heavy atom. The van der Waals surface area contributed by atoms with Gasteiger partial charge in [-0.05, 0) is 120 Å². The maximum absolute atomic E-state index is 13.6. The van der Waals surface area contributed by atoms with Gasteiger partial charge in [0.2, 0.25) is 0 Å². The van der Waals surface area contributed by atoms with E-state index in [0.717, 1.165) is 34.9 Å². The van der Waals surface area contributed by atoms with Crippen molar-refractivity contribution in [2.75, 3.05) is 0 Å². The Hall–Kier alpha value is -7.46. The molecule has 7 aromatic carbocycles. The van der Waals surface area contributed by atoms with Crippen molar-refractivity contribution in [2.24, 2.45) is 0 Å². The zero-order chi connectivity index (χ0) is 46.8. The second-order valence-corrected chi connectivity index (χ2v) is 19.0. The lowest BCUT2D eigenvalue weighted by Gasteiger charge is -2.31. The van der Waals surface area contributed by atoms with E-state index >= 15 is 0 Å². The average Bonchev–Trinajstić information content (AvgIpc) is 3.32. The first-order valence-electron chi connectivity index (χ1n) is 21.5. The molecule has 1 N–H and O–H groups in total. The van der Waals surface area contributed by atoms with Gasteiger partial charge in [-0.15, -0.1) is 0 Å². The van der Waals surface area contributed by atoms with Crippen LogP contribution in [0, 0.1) is 13.8 Å². The number of benzene rings is 7. The first-order chi connectivity index (χ1) is 31.4. The third-order valence-corrected chi connectivity index (χ3v) is 13.0. The molecule has 0 saturated carbocycles. The Balaban J connectivity index is 0.915. The summed E-state index contributed by atoms with van der Waals surface area (Å²) in [5.74, 6) is 2.24. The van der Waals surface area contributed by atoms with Gasteiger partial charge in [-0.25, -0.2) is 0 Å². The molecule has 0 bridgehead atoms. The highest BCUT2D eigenvalue weighted by Crippen LogP contribution is 2.39. The Kier molecular flexibility index (Phi) is 12.4. The fraction of sp³-hybridized carbons (Fsp3) is 0.140. The summed E-state index contributed by atoms with van der Waals surface area (Å²) in [5, 5.41) is 0. The van der Waals surface area contributed by atoms with Crippen LogP contribution in [0.1, 0.15) is 92.9 Å². The second-order valence-electron chi connectivity index (χ2n) is 17.6. The fourth-order valence-electron chi connectivity index (χ4n) is 7.97. The predicted octanol–water partition coefficient (Wildman–Crippen LogP) is 13.3. The molecule has 9 heteroatoms. The zero-order valence-electron chi connectivity index (χ0n) is 37.6. The lowest BCUT2D eigenvalue weighted by molar-refractivity contribution is 0.103. The van der Waals surface area contributed by atoms with Crippen LogP contribution in [0.3, 0.4) is 0 Å². The number of ether oxygens (including phenoxy) is 2. The molecule has 0 spiro atoms. The number of pyridine rings is 1. The van der Waals surface area contributed by atoms with Crippen LogP contribution in [0.5, 0.6) is 23.0 Å². The lowest BCUT2D eigenvalue weighted by Crippen LogP contribution is -2.22. The van der Waals surface area contributed by atoms with Crippen molar-refractivity contribution in [3.63, 3.8) is 0 Å². The van der Waals surface area contributed by atoms with Gasteiger partial charge in [-0.1, -0.05) is 136 Å². The molecule has 0 aliphatic heterocycles. The van der Waals surface area contributed by atoms with Crippen molar-refractivity contribution in [1.82, 2.24) is 4.98 Å². The molecule has 0 amide bonds. The summed E-state index contributed by atoms with van der Waals surface area (Å²) in [6.07, 6.45) is 2.24. The van der Waals surface area contributed by atoms with Crippen LogP contribution in [0.2, 0.25) is 0 Å². The maximum Gasteiger partial charge on any atom is 0.296 e. The molecule has 8 rings (SSSR count). The minimum Gasteiger partial charge on any atom is -0.457 e. The molecular formula is C57H49NO7S. The van der Waals surface area contributed by atoms with E-state index in [-0.39, 0.29) is 22.2 Å². The highest BCUT2D eigenvalue weighted by Gasteiger charge is 2.28. The van der Waals surface area contributed by atoms with Crippen molar-refractivity contribution in [3.05, 3.63) is 238 Å². The summed E-state index contributed by atoms with van der Waals surface area (Å²) < 4.78 is 45.2. The van der Waals surface area contributed by atoms with Crippen LogP contribution in [0.15, 0.2) is 187 Å². The number of hydrogen-bond donors (Lipinski definition) is 1. The van der Waals surface area contributed by atoms with Crippen LogP contribution in [0.25, 0.3) is 11.1 Å². The Morgan fingerprint density at radius 2 is 0.939 bits per heavy atom. The number of aromatic nitrogens is 1.